The maximum Gasteiger partial charge on any atom is 0.226 e. The number of pyridine rings is 1. The standard InChI is InChI=1S/C19H22N2O/c1-2-11-21(14-15-7-6-10-20-13-15)19(22)18-12-17(18)16-8-4-3-5-9-16/h3-10,13,17-18H,2,11-12,14H2,1H3/t17-,18+/m0/s1. The van der Waals surface area contributed by atoms with Crippen molar-refractivity contribution in [2.45, 2.75) is 32.2 Å². The van der Waals surface area contributed by atoms with Gasteiger partial charge in [0, 0.05) is 31.4 Å². The normalized spacial score (nSPS) is 19.7. The summed E-state index contributed by atoms with van der Waals surface area (Å²) in [5.74, 6) is 0.854. The first kappa shape index (κ1) is 14.8. The SMILES string of the molecule is CCCN(Cc1cccnc1)C(=O)[C@@H]1C[C@H]1c1ccccc1. The van der Waals surface area contributed by atoms with Crippen molar-refractivity contribution in [3.05, 3.63) is 66.0 Å². The van der Waals surface area contributed by atoms with Gasteiger partial charge in [0.15, 0.2) is 0 Å². The van der Waals surface area contributed by atoms with Crippen LogP contribution in [-0.2, 0) is 11.3 Å². The van der Waals surface area contributed by atoms with Crippen LogP contribution in [0, 0.1) is 5.92 Å². The lowest BCUT2D eigenvalue weighted by molar-refractivity contribution is -0.133. The Morgan fingerprint density at radius 3 is 2.73 bits per heavy atom. The zero-order valence-electron chi connectivity index (χ0n) is 13.0. The van der Waals surface area contributed by atoms with Crippen molar-refractivity contribution in [3.63, 3.8) is 0 Å². The second-order valence-electron chi connectivity index (χ2n) is 5.98. The number of carbonyl (C=O) groups is 1. The third-order valence-electron chi connectivity index (χ3n) is 4.24. The fourth-order valence-corrected chi connectivity index (χ4v) is 3.02. The Bertz CT molecular complexity index is 612. The molecular formula is C19H22N2O. The number of amides is 1. The quantitative estimate of drug-likeness (QED) is 0.815. The molecule has 0 aliphatic heterocycles. The van der Waals surface area contributed by atoms with Crippen LogP contribution in [0.2, 0.25) is 0 Å². The molecule has 0 N–H and O–H groups in total. The molecule has 3 rings (SSSR count). The number of carbonyl (C=O) groups excluding carboxylic acids is 1. The second-order valence-corrected chi connectivity index (χ2v) is 5.98. The molecule has 1 aromatic carbocycles. The molecule has 0 unspecified atom stereocenters. The minimum Gasteiger partial charge on any atom is -0.338 e. The molecule has 1 aliphatic carbocycles. The lowest BCUT2D eigenvalue weighted by Crippen LogP contribution is -2.32. The first-order chi connectivity index (χ1) is 10.8. The largest absolute Gasteiger partial charge is 0.338 e. The maximum absolute atomic E-state index is 12.8. The van der Waals surface area contributed by atoms with Crippen LogP contribution in [0.5, 0.6) is 0 Å². The summed E-state index contributed by atoms with van der Waals surface area (Å²) in [6.07, 6.45) is 5.57. The van der Waals surface area contributed by atoms with Gasteiger partial charge in [0.25, 0.3) is 0 Å². The molecule has 3 heteroatoms. The molecule has 0 radical (unpaired) electrons. The number of hydrogen-bond acceptors (Lipinski definition) is 2. The monoisotopic (exact) mass is 294 g/mol. The van der Waals surface area contributed by atoms with Gasteiger partial charge < -0.3 is 4.90 Å². The predicted octanol–water partition coefficient (Wildman–Crippen LogP) is 3.62. The van der Waals surface area contributed by atoms with E-state index in [4.69, 9.17) is 0 Å². The Morgan fingerprint density at radius 2 is 2.05 bits per heavy atom. The summed E-state index contributed by atoms with van der Waals surface area (Å²) < 4.78 is 0. The number of benzene rings is 1. The highest BCUT2D eigenvalue weighted by Crippen LogP contribution is 2.48. The van der Waals surface area contributed by atoms with Crippen molar-refractivity contribution in [2.75, 3.05) is 6.54 Å². The summed E-state index contributed by atoms with van der Waals surface area (Å²) in [4.78, 5) is 18.9. The third kappa shape index (κ3) is 3.35. The van der Waals surface area contributed by atoms with Crippen LogP contribution >= 0.6 is 0 Å². The third-order valence-corrected chi connectivity index (χ3v) is 4.24. The van der Waals surface area contributed by atoms with E-state index in [1.54, 1.807) is 6.20 Å². The van der Waals surface area contributed by atoms with Crippen LogP contribution in [0.25, 0.3) is 0 Å². The molecule has 1 aliphatic rings. The van der Waals surface area contributed by atoms with Crippen LogP contribution in [-0.4, -0.2) is 22.3 Å². The van der Waals surface area contributed by atoms with Crippen molar-refractivity contribution in [2.24, 2.45) is 5.92 Å². The lowest BCUT2D eigenvalue weighted by atomic mass is 10.1. The van der Waals surface area contributed by atoms with Crippen LogP contribution in [0.4, 0.5) is 0 Å². The zero-order valence-corrected chi connectivity index (χ0v) is 13.0. The molecule has 0 bridgehead atoms. The van der Waals surface area contributed by atoms with E-state index < -0.39 is 0 Å². The number of hydrogen-bond donors (Lipinski definition) is 0. The summed E-state index contributed by atoms with van der Waals surface area (Å²) in [7, 11) is 0. The van der Waals surface area contributed by atoms with Gasteiger partial charge >= 0.3 is 0 Å². The Morgan fingerprint density at radius 1 is 1.23 bits per heavy atom. The molecule has 1 fully saturated rings. The van der Waals surface area contributed by atoms with Gasteiger partial charge in [-0.2, -0.15) is 0 Å². The van der Waals surface area contributed by atoms with E-state index in [9.17, 15) is 4.79 Å². The summed E-state index contributed by atoms with van der Waals surface area (Å²) in [5, 5.41) is 0. The van der Waals surface area contributed by atoms with Gasteiger partial charge in [-0.1, -0.05) is 43.3 Å². The summed E-state index contributed by atoms with van der Waals surface area (Å²) in [5.41, 5.74) is 2.39. The van der Waals surface area contributed by atoms with Gasteiger partial charge in [-0.05, 0) is 36.0 Å². The fourth-order valence-electron chi connectivity index (χ4n) is 3.02. The molecule has 0 spiro atoms. The van der Waals surface area contributed by atoms with E-state index >= 15 is 0 Å². The fraction of sp³-hybridized carbons (Fsp3) is 0.368. The molecule has 2 atom stereocenters. The van der Waals surface area contributed by atoms with Gasteiger partial charge in [-0.25, -0.2) is 0 Å². The molecule has 1 heterocycles. The van der Waals surface area contributed by atoms with E-state index in [0.29, 0.717) is 18.4 Å². The number of nitrogens with zero attached hydrogens (tertiary/aromatic N) is 2. The van der Waals surface area contributed by atoms with Crippen LogP contribution in [0.3, 0.4) is 0 Å². The average molecular weight is 294 g/mol. The lowest BCUT2D eigenvalue weighted by Gasteiger charge is -2.22. The first-order valence-corrected chi connectivity index (χ1v) is 8.02. The Hall–Kier alpha value is -2.16. The molecule has 114 valence electrons. The summed E-state index contributed by atoms with van der Waals surface area (Å²) >= 11 is 0. The molecule has 1 aromatic heterocycles. The Kier molecular flexibility index (Phi) is 4.52. The molecule has 0 saturated heterocycles. The van der Waals surface area contributed by atoms with Gasteiger partial charge in [-0.15, -0.1) is 0 Å². The van der Waals surface area contributed by atoms with Crippen molar-refractivity contribution in [1.82, 2.24) is 9.88 Å². The van der Waals surface area contributed by atoms with Crippen molar-refractivity contribution < 1.29 is 4.79 Å². The van der Waals surface area contributed by atoms with Crippen molar-refractivity contribution in [1.29, 1.82) is 0 Å². The van der Waals surface area contributed by atoms with Crippen LogP contribution < -0.4 is 0 Å². The van der Waals surface area contributed by atoms with E-state index in [-0.39, 0.29) is 5.92 Å². The highest BCUT2D eigenvalue weighted by molar-refractivity contribution is 5.83. The number of rotatable bonds is 6. The van der Waals surface area contributed by atoms with E-state index in [1.165, 1.54) is 5.56 Å². The molecular weight excluding hydrogens is 272 g/mol. The minimum absolute atomic E-state index is 0.158. The van der Waals surface area contributed by atoms with Gasteiger partial charge in [-0.3, -0.25) is 9.78 Å². The van der Waals surface area contributed by atoms with E-state index in [0.717, 1.165) is 24.9 Å². The second kappa shape index (κ2) is 6.73. The molecule has 2 aromatic rings. The summed E-state index contributed by atoms with van der Waals surface area (Å²) in [6.45, 7) is 3.59. The Balaban J connectivity index is 1.66. The van der Waals surface area contributed by atoms with Gasteiger partial charge in [0.1, 0.15) is 0 Å². The van der Waals surface area contributed by atoms with E-state index in [1.807, 2.05) is 29.3 Å². The van der Waals surface area contributed by atoms with Gasteiger partial charge in [0.2, 0.25) is 5.91 Å². The summed E-state index contributed by atoms with van der Waals surface area (Å²) in [6, 6.07) is 14.3. The average Bonchev–Trinajstić information content (AvgIpc) is 3.36. The molecule has 1 amide bonds. The highest BCUT2D eigenvalue weighted by atomic mass is 16.2. The molecule has 22 heavy (non-hydrogen) atoms. The van der Waals surface area contributed by atoms with Crippen molar-refractivity contribution >= 4 is 5.91 Å². The smallest absolute Gasteiger partial charge is 0.226 e. The van der Waals surface area contributed by atoms with E-state index in [2.05, 4.69) is 36.2 Å². The highest BCUT2D eigenvalue weighted by Gasteiger charge is 2.45. The van der Waals surface area contributed by atoms with Crippen molar-refractivity contribution in [3.8, 4) is 0 Å². The van der Waals surface area contributed by atoms with Crippen LogP contribution in [0.1, 0.15) is 36.8 Å². The zero-order chi connectivity index (χ0) is 15.4. The number of aromatic nitrogens is 1. The maximum atomic E-state index is 12.8. The first-order valence-electron chi connectivity index (χ1n) is 8.02. The Labute approximate surface area is 132 Å². The predicted molar refractivity (Wildman–Crippen MR) is 87.2 cm³/mol. The van der Waals surface area contributed by atoms with Crippen LogP contribution in [0.15, 0.2) is 54.9 Å². The molecule has 1 saturated carbocycles. The molecule has 3 nitrogen and oxygen atoms in total. The minimum atomic E-state index is 0.158. The van der Waals surface area contributed by atoms with Gasteiger partial charge in [0.05, 0.1) is 0 Å². The topological polar surface area (TPSA) is 33.2 Å².